The summed E-state index contributed by atoms with van der Waals surface area (Å²) < 4.78 is 23.0. The Morgan fingerprint density at radius 1 is 1.45 bits per heavy atom. The number of rotatable bonds is 4. The molecule has 5 nitrogen and oxygen atoms in total. The van der Waals surface area contributed by atoms with Gasteiger partial charge in [0, 0.05) is 17.1 Å². The summed E-state index contributed by atoms with van der Waals surface area (Å²) in [7, 11) is -3.91. The lowest BCUT2D eigenvalue weighted by molar-refractivity contribution is 0.0945. The number of hydrogen-bond acceptors (Lipinski definition) is 3. The van der Waals surface area contributed by atoms with Gasteiger partial charge in [-0.1, -0.05) is 18.5 Å². The molecule has 1 aromatic carbocycles. The summed E-state index contributed by atoms with van der Waals surface area (Å²) in [6.45, 7) is 4.21. The predicted octanol–water partition coefficient (Wildman–Crippen LogP) is 1.83. The molecule has 0 aliphatic heterocycles. The lowest BCUT2D eigenvalue weighted by atomic mass is 10.1. The van der Waals surface area contributed by atoms with Crippen molar-refractivity contribution in [1.29, 1.82) is 0 Å². The van der Waals surface area contributed by atoms with Crippen LogP contribution in [0, 0.1) is 12.3 Å². The SMILES string of the molecule is Cc1c(C(=O)NCC2(C)CC2)cc(Cl)cc1S(N)(=O)=O. The Balaban J connectivity index is 2.31. The Kier molecular flexibility index (Phi) is 3.83. The normalized spacial score (nSPS) is 16.8. The van der Waals surface area contributed by atoms with E-state index < -0.39 is 10.0 Å². The van der Waals surface area contributed by atoms with Crippen molar-refractivity contribution in [1.82, 2.24) is 5.32 Å². The van der Waals surface area contributed by atoms with Gasteiger partial charge in [-0.3, -0.25) is 4.79 Å². The minimum absolute atomic E-state index is 0.118. The van der Waals surface area contributed by atoms with Gasteiger partial charge in [0.15, 0.2) is 0 Å². The van der Waals surface area contributed by atoms with Crippen LogP contribution in [0.25, 0.3) is 0 Å². The van der Waals surface area contributed by atoms with E-state index in [9.17, 15) is 13.2 Å². The van der Waals surface area contributed by atoms with E-state index in [1.165, 1.54) is 12.1 Å². The van der Waals surface area contributed by atoms with Gasteiger partial charge < -0.3 is 5.32 Å². The van der Waals surface area contributed by atoms with Crippen molar-refractivity contribution in [3.8, 4) is 0 Å². The van der Waals surface area contributed by atoms with Crippen LogP contribution in [-0.4, -0.2) is 20.9 Å². The van der Waals surface area contributed by atoms with Gasteiger partial charge in [0.05, 0.1) is 4.90 Å². The number of sulfonamides is 1. The van der Waals surface area contributed by atoms with Crippen molar-refractivity contribution in [3.05, 3.63) is 28.3 Å². The highest BCUT2D eigenvalue weighted by molar-refractivity contribution is 7.89. The Hall–Kier alpha value is -1.11. The number of primary sulfonamides is 1. The van der Waals surface area contributed by atoms with Gasteiger partial charge in [-0.2, -0.15) is 0 Å². The molecule has 0 saturated heterocycles. The van der Waals surface area contributed by atoms with Crippen molar-refractivity contribution < 1.29 is 13.2 Å². The summed E-state index contributed by atoms with van der Waals surface area (Å²) >= 11 is 5.87. The highest BCUT2D eigenvalue weighted by Crippen LogP contribution is 2.44. The van der Waals surface area contributed by atoms with Crippen molar-refractivity contribution in [2.24, 2.45) is 10.6 Å². The molecule has 0 heterocycles. The van der Waals surface area contributed by atoms with Gasteiger partial charge in [0.25, 0.3) is 5.91 Å². The van der Waals surface area contributed by atoms with Crippen molar-refractivity contribution >= 4 is 27.5 Å². The molecule has 110 valence electrons. The van der Waals surface area contributed by atoms with Gasteiger partial charge in [-0.15, -0.1) is 0 Å². The Bertz CT molecular complexity index is 666. The van der Waals surface area contributed by atoms with E-state index in [0.29, 0.717) is 12.1 Å². The number of halogens is 1. The molecule has 1 amide bonds. The van der Waals surface area contributed by atoms with Crippen molar-refractivity contribution in [2.45, 2.75) is 31.6 Å². The first-order chi connectivity index (χ1) is 9.12. The van der Waals surface area contributed by atoms with Crippen LogP contribution in [0.5, 0.6) is 0 Å². The fourth-order valence-corrected chi connectivity index (χ4v) is 3.08. The molecule has 1 aliphatic carbocycles. The molecular weight excluding hydrogens is 300 g/mol. The third kappa shape index (κ3) is 3.31. The van der Waals surface area contributed by atoms with Gasteiger partial charge in [0.1, 0.15) is 0 Å². The monoisotopic (exact) mass is 316 g/mol. The third-order valence-corrected chi connectivity index (χ3v) is 4.91. The largest absolute Gasteiger partial charge is 0.351 e. The Morgan fingerprint density at radius 2 is 2.05 bits per heavy atom. The maximum atomic E-state index is 12.2. The standard InChI is InChI=1S/C13H17ClN2O3S/c1-8-10(12(17)16-7-13(2)3-4-13)5-9(14)6-11(8)20(15,18)19/h5-6H,3-4,7H2,1-2H3,(H,16,17)(H2,15,18,19). The maximum absolute atomic E-state index is 12.2. The molecule has 0 atom stereocenters. The number of benzene rings is 1. The average Bonchev–Trinajstić information content (AvgIpc) is 3.06. The van der Waals surface area contributed by atoms with E-state index in [4.69, 9.17) is 16.7 Å². The topological polar surface area (TPSA) is 89.3 Å². The van der Waals surface area contributed by atoms with Gasteiger partial charge >= 0.3 is 0 Å². The molecule has 2 rings (SSSR count). The molecule has 0 bridgehead atoms. The number of carbonyl (C=O) groups excluding carboxylic acids is 1. The van der Waals surface area contributed by atoms with Crippen LogP contribution in [0.3, 0.4) is 0 Å². The highest BCUT2D eigenvalue weighted by atomic mass is 35.5. The van der Waals surface area contributed by atoms with E-state index in [-0.39, 0.29) is 26.8 Å². The number of hydrogen-bond donors (Lipinski definition) is 2. The first-order valence-electron chi connectivity index (χ1n) is 6.24. The zero-order chi connectivity index (χ0) is 15.1. The van der Waals surface area contributed by atoms with Gasteiger partial charge in [-0.25, -0.2) is 13.6 Å². The first kappa shape index (κ1) is 15.3. The predicted molar refractivity (Wildman–Crippen MR) is 77.2 cm³/mol. The Morgan fingerprint density at radius 3 is 2.55 bits per heavy atom. The van der Waals surface area contributed by atoms with Crippen LogP contribution in [0.1, 0.15) is 35.7 Å². The zero-order valence-corrected chi connectivity index (χ0v) is 12.9. The van der Waals surface area contributed by atoms with Crippen molar-refractivity contribution in [3.63, 3.8) is 0 Å². The van der Waals surface area contributed by atoms with E-state index in [1.807, 2.05) is 0 Å². The van der Waals surface area contributed by atoms with E-state index in [0.717, 1.165) is 12.8 Å². The summed E-state index contributed by atoms with van der Waals surface area (Å²) in [5.74, 6) is -0.331. The second-order valence-electron chi connectivity index (χ2n) is 5.61. The molecule has 7 heteroatoms. The minimum Gasteiger partial charge on any atom is -0.351 e. The summed E-state index contributed by atoms with van der Waals surface area (Å²) in [6.07, 6.45) is 2.18. The van der Waals surface area contributed by atoms with Gasteiger partial charge in [-0.05, 0) is 42.9 Å². The van der Waals surface area contributed by atoms with E-state index in [2.05, 4.69) is 12.2 Å². The molecule has 1 fully saturated rings. The maximum Gasteiger partial charge on any atom is 0.251 e. The van der Waals surface area contributed by atoms with Crippen LogP contribution in [0.4, 0.5) is 0 Å². The lowest BCUT2D eigenvalue weighted by Crippen LogP contribution is -2.30. The second kappa shape index (κ2) is 5.02. The van der Waals surface area contributed by atoms with Crippen LogP contribution in [-0.2, 0) is 10.0 Å². The molecule has 20 heavy (non-hydrogen) atoms. The lowest BCUT2D eigenvalue weighted by Gasteiger charge is -2.13. The Labute approximate surface area is 123 Å². The second-order valence-corrected chi connectivity index (χ2v) is 7.58. The summed E-state index contributed by atoms with van der Waals surface area (Å²) in [5, 5.41) is 8.11. The van der Waals surface area contributed by atoms with Crippen LogP contribution in [0.15, 0.2) is 17.0 Å². The number of nitrogens with one attached hydrogen (secondary N) is 1. The van der Waals surface area contributed by atoms with Gasteiger partial charge in [0.2, 0.25) is 10.0 Å². The van der Waals surface area contributed by atoms with E-state index >= 15 is 0 Å². The highest BCUT2D eigenvalue weighted by Gasteiger charge is 2.37. The third-order valence-electron chi connectivity index (χ3n) is 3.66. The molecular formula is C13H17ClN2O3S. The number of carbonyl (C=O) groups is 1. The first-order valence-corrected chi connectivity index (χ1v) is 8.16. The van der Waals surface area contributed by atoms with Crippen molar-refractivity contribution in [2.75, 3.05) is 6.54 Å². The summed E-state index contributed by atoms with van der Waals surface area (Å²) in [6, 6.07) is 2.71. The summed E-state index contributed by atoms with van der Waals surface area (Å²) in [5.41, 5.74) is 0.728. The molecule has 0 spiro atoms. The molecule has 1 aromatic rings. The number of amides is 1. The molecule has 0 radical (unpaired) electrons. The van der Waals surface area contributed by atoms with E-state index in [1.54, 1.807) is 6.92 Å². The fourth-order valence-electron chi connectivity index (χ4n) is 1.96. The fraction of sp³-hybridized carbons (Fsp3) is 0.462. The average molecular weight is 317 g/mol. The smallest absolute Gasteiger partial charge is 0.251 e. The molecule has 0 unspecified atom stereocenters. The van der Waals surface area contributed by atoms with Crippen LogP contribution < -0.4 is 10.5 Å². The van der Waals surface area contributed by atoms with Crippen LogP contribution >= 0.6 is 11.6 Å². The zero-order valence-electron chi connectivity index (χ0n) is 11.4. The van der Waals surface area contributed by atoms with Crippen LogP contribution in [0.2, 0.25) is 5.02 Å². The molecule has 3 N–H and O–H groups in total. The molecule has 1 aliphatic rings. The minimum atomic E-state index is -3.91. The summed E-state index contributed by atoms with van der Waals surface area (Å²) in [4.78, 5) is 12.0. The molecule has 0 aromatic heterocycles. The quantitative estimate of drug-likeness (QED) is 0.888. The number of nitrogens with two attached hydrogens (primary N) is 1. The molecule has 1 saturated carbocycles.